The molecule has 3 rings (SSSR count). The van der Waals surface area contributed by atoms with Crippen molar-refractivity contribution in [3.63, 3.8) is 0 Å². The Labute approximate surface area is 102 Å². The first-order valence-corrected chi connectivity index (χ1v) is 5.47. The van der Waals surface area contributed by atoms with Gasteiger partial charge in [0.15, 0.2) is 5.82 Å². The Hall–Kier alpha value is -2.34. The second-order valence-electron chi connectivity index (χ2n) is 3.89. The maximum atomic E-state index is 9.35. The van der Waals surface area contributed by atoms with Crippen molar-refractivity contribution in [2.45, 2.75) is 13.0 Å². The maximum absolute atomic E-state index is 9.35. The fourth-order valence-corrected chi connectivity index (χ4v) is 1.62. The first kappa shape index (κ1) is 10.8. The lowest BCUT2D eigenvalue weighted by atomic mass is 10.2. The van der Waals surface area contributed by atoms with Crippen molar-refractivity contribution in [2.75, 3.05) is 0 Å². The van der Waals surface area contributed by atoms with Crippen molar-refractivity contribution < 1.29 is 9.63 Å². The molecule has 1 atom stereocenters. The number of aliphatic hydroxyl groups is 1. The van der Waals surface area contributed by atoms with Crippen LogP contribution in [0.25, 0.3) is 22.5 Å². The van der Waals surface area contributed by atoms with Crippen LogP contribution >= 0.6 is 0 Å². The van der Waals surface area contributed by atoms with Crippen molar-refractivity contribution in [3.05, 3.63) is 36.4 Å². The molecular weight excluding hydrogens is 232 g/mol. The predicted molar refractivity (Wildman–Crippen MR) is 63.5 cm³/mol. The molecule has 6 heteroatoms. The van der Waals surface area contributed by atoms with Gasteiger partial charge in [0.25, 0.3) is 5.89 Å². The number of aliphatic hydroxyl groups excluding tert-OH is 1. The summed E-state index contributed by atoms with van der Waals surface area (Å²) in [5, 5.41) is 13.0. The van der Waals surface area contributed by atoms with Crippen LogP contribution in [0.1, 0.15) is 18.9 Å². The van der Waals surface area contributed by atoms with Gasteiger partial charge in [-0.25, -0.2) is 0 Å². The summed E-state index contributed by atoms with van der Waals surface area (Å²) in [6, 6.07) is 5.49. The Bertz CT molecular complexity index is 693. The highest BCUT2D eigenvalue weighted by molar-refractivity contribution is 5.79. The second-order valence-corrected chi connectivity index (χ2v) is 3.89. The van der Waals surface area contributed by atoms with Gasteiger partial charge in [-0.3, -0.25) is 9.97 Å². The summed E-state index contributed by atoms with van der Waals surface area (Å²) < 4.78 is 5.09. The van der Waals surface area contributed by atoms with Crippen LogP contribution in [0.2, 0.25) is 0 Å². The number of hydrogen-bond donors (Lipinski definition) is 1. The third kappa shape index (κ3) is 1.82. The highest BCUT2D eigenvalue weighted by Crippen LogP contribution is 2.22. The Morgan fingerprint density at radius 2 is 1.94 bits per heavy atom. The molecular formula is C12H10N4O2. The minimum Gasteiger partial charge on any atom is -0.385 e. The first-order chi connectivity index (χ1) is 8.74. The number of fused-ring (bicyclic) bond motifs is 1. The number of aromatic nitrogens is 4. The van der Waals surface area contributed by atoms with E-state index in [0.717, 1.165) is 16.6 Å². The van der Waals surface area contributed by atoms with Gasteiger partial charge in [0.1, 0.15) is 6.10 Å². The fraction of sp³-hybridized carbons (Fsp3) is 0.167. The molecule has 3 aromatic rings. The molecule has 0 saturated heterocycles. The van der Waals surface area contributed by atoms with E-state index in [1.54, 1.807) is 19.3 Å². The van der Waals surface area contributed by atoms with Crippen molar-refractivity contribution >= 4 is 11.0 Å². The zero-order chi connectivity index (χ0) is 12.5. The fourth-order valence-electron chi connectivity index (χ4n) is 1.62. The molecule has 2 aromatic heterocycles. The Kier molecular flexibility index (Phi) is 2.49. The van der Waals surface area contributed by atoms with Gasteiger partial charge >= 0.3 is 0 Å². The largest absolute Gasteiger partial charge is 0.385 e. The highest BCUT2D eigenvalue weighted by Gasteiger charge is 2.12. The molecule has 1 aromatic carbocycles. The first-order valence-electron chi connectivity index (χ1n) is 5.47. The third-order valence-electron chi connectivity index (χ3n) is 2.53. The summed E-state index contributed by atoms with van der Waals surface area (Å²) in [6.45, 7) is 1.58. The smallest absolute Gasteiger partial charge is 0.258 e. The van der Waals surface area contributed by atoms with E-state index in [1.807, 2.05) is 18.2 Å². The molecule has 18 heavy (non-hydrogen) atoms. The van der Waals surface area contributed by atoms with E-state index in [-0.39, 0.29) is 5.82 Å². The molecule has 0 amide bonds. The van der Waals surface area contributed by atoms with Crippen LogP contribution in [0.5, 0.6) is 0 Å². The van der Waals surface area contributed by atoms with E-state index in [9.17, 15) is 5.11 Å². The SMILES string of the molecule is CC(O)c1noc(-c2ccc3nccnc3c2)n1. The van der Waals surface area contributed by atoms with Crippen LogP contribution in [0.4, 0.5) is 0 Å². The number of benzene rings is 1. The average molecular weight is 242 g/mol. The highest BCUT2D eigenvalue weighted by atomic mass is 16.5. The average Bonchev–Trinajstić information content (AvgIpc) is 2.88. The van der Waals surface area contributed by atoms with Gasteiger partial charge in [0, 0.05) is 18.0 Å². The number of rotatable bonds is 2. The summed E-state index contributed by atoms with van der Waals surface area (Å²) >= 11 is 0. The van der Waals surface area contributed by atoms with Gasteiger partial charge < -0.3 is 9.63 Å². The molecule has 0 aliphatic rings. The number of nitrogens with zero attached hydrogens (tertiary/aromatic N) is 4. The third-order valence-corrected chi connectivity index (χ3v) is 2.53. The van der Waals surface area contributed by atoms with E-state index in [2.05, 4.69) is 20.1 Å². The van der Waals surface area contributed by atoms with Gasteiger partial charge in [-0.15, -0.1) is 0 Å². The minimum absolute atomic E-state index is 0.268. The molecule has 0 bridgehead atoms. The van der Waals surface area contributed by atoms with E-state index in [4.69, 9.17) is 4.52 Å². The van der Waals surface area contributed by atoms with Crippen LogP contribution in [-0.4, -0.2) is 25.2 Å². The quantitative estimate of drug-likeness (QED) is 0.736. The van der Waals surface area contributed by atoms with Crippen LogP contribution in [0.15, 0.2) is 35.1 Å². The molecule has 0 radical (unpaired) electrons. The van der Waals surface area contributed by atoms with Crippen molar-refractivity contribution in [1.82, 2.24) is 20.1 Å². The van der Waals surface area contributed by atoms with Crippen molar-refractivity contribution in [2.24, 2.45) is 0 Å². The van der Waals surface area contributed by atoms with Crippen molar-refractivity contribution in [3.8, 4) is 11.5 Å². The second kappa shape index (κ2) is 4.15. The van der Waals surface area contributed by atoms with Crippen LogP contribution in [-0.2, 0) is 0 Å². The molecule has 0 saturated carbocycles. The van der Waals surface area contributed by atoms with Crippen molar-refractivity contribution in [1.29, 1.82) is 0 Å². The molecule has 0 aliphatic heterocycles. The lowest BCUT2D eigenvalue weighted by molar-refractivity contribution is 0.184. The maximum Gasteiger partial charge on any atom is 0.258 e. The van der Waals surface area contributed by atoms with Gasteiger partial charge in [-0.2, -0.15) is 4.98 Å². The van der Waals surface area contributed by atoms with Gasteiger partial charge in [0.05, 0.1) is 11.0 Å². The Balaban J connectivity index is 2.07. The minimum atomic E-state index is -0.747. The molecule has 0 aliphatic carbocycles. The van der Waals surface area contributed by atoms with Gasteiger partial charge in [-0.05, 0) is 25.1 Å². The summed E-state index contributed by atoms with van der Waals surface area (Å²) in [4.78, 5) is 12.5. The van der Waals surface area contributed by atoms with E-state index < -0.39 is 6.10 Å². The van der Waals surface area contributed by atoms with Crippen LogP contribution < -0.4 is 0 Å². The lowest BCUT2D eigenvalue weighted by Gasteiger charge is -1.97. The monoisotopic (exact) mass is 242 g/mol. The van der Waals surface area contributed by atoms with E-state index >= 15 is 0 Å². The van der Waals surface area contributed by atoms with Crippen LogP contribution in [0.3, 0.4) is 0 Å². The Morgan fingerprint density at radius 3 is 2.67 bits per heavy atom. The summed E-state index contributed by atoms with van der Waals surface area (Å²) in [7, 11) is 0. The lowest BCUT2D eigenvalue weighted by Crippen LogP contribution is -1.93. The summed E-state index contributed by atoms with van der Waals surface area (Å²) in [5.41, 5.74) is 2.31. The molecule has 1 unspecified atom stereocenters. The Morgan fingerprint density at radius 1 is 1.17 bits per heavy atom. The predicted octanol–water partition coefficient (Wildman–Crippen LogP) is 1.73. The molecule has 6 nitrogen and oxygen atoms in total. The molecule has 1 N–H and O–H groups in total. The zero-order valence-electron chi connectivity index (χ0n) is 9.61. The summed E-state index contributed by atoms with van der Waals surface area (Å²) in [6.07, 6.45) is 2.52. The normalized spacial score (nSPS) is 12.8. The molecule has 90 valence electrons. The molecule has 0 fully saturated rings. The van der Waals surface area contributed by atoms with Gasteiger partial charge in [0.2, 0.25) is 0 Å². The molecule has 0 spiro atoms. The number of hydrogen-bond acceptors (Lipinski definition) is 6. The van der Waals surface area contributed by atoms with E-state index in [0.29, 0.717) is 5.89 Å². The molecule has 2 heterocycles. The topological polar surface area (TPSA) is 84.9 Å². The van der Waals surface area contributed by atoms with E-state index in [1.165, 1.54) is 0 Å². The summed E-state index contributed by atoms with van der Waals surface area (Å²) in [5.74, 6) is 0.627. The standard InChI is InChI=1S/C12H10N4O2/c1-7(17)11-15-12(18-16-11)8-2-3-9-10(6-8)14-5-4-13-9/h2-7,17H,1H3. The van der Waals surface area contributed by atoms with Gasteiger partial charge in [-0.1, -0.05) is 5.16 Å². The van der Waals surface area contributed by atoms with Crippen LogP contribution in [0, 0.1) is 0 Å². The zero-order valence-corrected chi connectivity index (χ0v) is 9.61.